The molecule has 2 heterocycles. The van der Waals surface area contributed by atoms with Gasteiger partial charge in [-0.1, -0.05) is 13.0 Å². The largest absolute Gasteiger partial charge is 0.397 e. The normalized spacial score (nSPS) is 21.2. The second-order valence-corrected chi connectivity index (χ2v) is 9.58. The number of anilines is 1. The number of nitrogens with zero attached hydrogens (tertiary/aromatic N) is 3. The summed E-state index contributed by atoms with van der Waals surface area (Å²) in [6, 6.07) is 7.60. The Kier molecular flexibility index (Phi) is 8.39. The third-order valence-corrected chi connectivity index (χ3v) is 6.92. The van der Waals surface area contributed by atoms with Crippen molar-refractivity contribution in [1.82, 2.24) is 9.97 Å². The van der Waals surface area contributed by atoms with Crippen LogP contribution in [0.1, 0.15) is 53.7 Å². The van der Waals surface area contributed by atoms with Crippen LogP contribution >= 0.6 is 0 Å². The summed E-state index contributed by atoms with van der Waals surface area (Å²) in [7, 11) is 0. The number of hydrogen-bond acceptors (Lipinski definition) is 7. The summed E-state index contributed by atoms with van der Waals surface area (Å²) < 4.78 is 49.1. The molecule has 3 aromatic rings. The highest BCUT2D eigenvalue weighted by atomic mass is 19.1. The Morgan fingerprint density at radius 1 is 1.18 bits per heavy atom. The van der Waals surface area contributed by atoms with Crippen molar-refractivity contribution < 1.29 is 22.7 Å². The molecule has 1 aliphatic carbocycles. The van der Waals surface area contributed by atoms with Crippen LogP contribution in [-0.2, 0) is 11.2 Å². The van der Waals surface area contributed by atoms with E-state index in [1.165, 1.54) is 0 Å². The number of halogens is 3. The van der Waals surface area contributed by atoms with Gasteiger partial charge in [-0.25, -0.2) is 18.2 Å². The molecule has 0 aliphatic heterocycles. The van der Waals surface area contributed by atoms with E-state index in [9.17, 15) is 18.0 Å². The Bertz CT molecular complexity index is 1340. The van der Waals surface area contributed by atoms with Crippen molar-refractivity contribution in [2.75, 3.05) is 12.3 Å². The average molecular weight is 524 g/mol. The number of hydrogen-bond donors (Lipinski definition) is 2. The molecule has 7 nitrogen and oxygen atoms in total. The Hall–Kier alpha value is -3.81. The van der Waals surface area contributed by atoms with Crippen LogP contribution in [0.15, 0.2) is 42.7 Å². The van der Waals surface area contributed by atoms with Crippen molar-refractivity contribution >= 4 is 11.5 Å². The molecule has 0 amide bonds. The zero-order valence-corrected chi connectivity index (χ0v) is 20.8. The van der Waals surface area contributed by atoms with Gasteiger partial charge in [-0.3, -0.25) is 9.78 Å². The van der Waals surface area contributed by atoms with Crippen LogP contribution in [0.4, 0.5) is 18.9 Å². The lowest BCUT2D eigenvalue weighted by Gasteiger charge is -2.39. The van der Waals surface area contributed by atoms with Gasteiger partial charge in [0.05, 0.1) is 36.5 Å². The Morgan fingerprint density at radius 2 is 1.92 bits per heavy atom. The maximum absolute atomic E-state index is 14.6. The number of ketones is 1. The van der Waals surface area contributed by atoms with Gasteiger partial charge in [-0.05, 0) is 54.0 Å². The molecule has 0 spiro atoms. The Labute approximate surface area is 218 Å². The summed E-state index contributed by atoms with van der Waals surface area (Å²) in [4.78, 5) is 21.4. The molecule has 10 heteroatoms. The molecule has 0 bridgehead atoms. The van der Waals surface area contributed by atoms with Gasteiger partial charge < -0.3 is 16.2 Å². The van der Waals surface area contributed by atoms with Crippen molar-refractivity contribution in [3.63, 3.8) is 0 Å². The third-order valence-electron chi connectivity index (χ3n) is 6.92. The quantitative estimate of drug-likeness (QED) is 0.323. The lowest BCUT2D eigenvalue weighted by atomic mass is 9.73. The van der Waals surface area contributed by atoms with Crippen molar-refractivity contribution in [3.8, 4) is 17.3 Å². The molecule has 1 fully saturated rings. The first-order valence-corrected chi connectivity index (χ1v) is 12.3. The monoisotopic (exact) mass is 523 g/mol. The number of nitriles is 1. The van der Waals surface area contributed by atoms with E-state index in [-0.39, 0.29) is 41.8 Å². The first kappa shape index (κ1) is 27.2. The number of benzene rings is 1. The summed E-state index contributed by atoms with van der Waals surface area (Å²) in [5.74, 6) is -3.45. The molecular weight excluding hydrogens is 495 g/mol. The van der Waals surface area contributed by atoms with E-state index in [1.807, 2.05) is 13.0 Å². The fraction of sp³-hybridized carbons (Fsp3) is 0.357. The topological polar surface area (TPSA) is 128 Å². The minimum atomic E-state index is -1.04. The van der Waals surface area contributed by atoms with Crippen LogP contribution in [0.2, 0.25) is 0 Å². The van der Waals surface area contributed by atoms with E-state index in [0.29, 0.717) is 25.0 Å². The molecule has 4 N–H and O–H groups in total. The Morgan fingerprint density at radius 3 is 2.61 bits per heavy atom. The van der Waals surface area contributed by atoms with Crippen LogP contribution < -0.4 is 11.5 Å². The fourth-order valence-electron chi connectivity index (χ4n) is 5.21. The standard InChI is InChI=1S/C28H28F3N5O2/c1-15-10-16(11-23(34)28(15)38-9-3-7-32)18-6-8-35-14-17(18)12-24(37)27-22(33)13-21(31)26(36-27)25-19(29)4-2-5-20(25)30/h2,4-6,8,13-16,23,28H,3,9-12,33-34H2,1H3/t15-,16+,23+,28-/m0/s1. The van der Waals surface area contributed by atoms with Crippen LogP contribution in [-0.4, -0.2) is 34.5 Å². The molecule has 0 saturated heterocycles. The molecule has 0 radical (unpaired) electrons. The second-order valence-electron chi connectivity index (χ2n) is 9.58. The number of Topliss-reactive ketones (excluding diaryl/α,β-unsaturated/α-hetero) is 1. The highest BCUT2D eigenvalue weighted by Gasteiger charge is 2.36. The van der Waals surface area contributed by atoms with E-state index < -0.39 is 34.5 Å². The summed E-state index contributed by atoms with van der Waals surface area (Å²) in [6.45, 7) is 2.37. The zero-order valence-electron chi connectivity index (χ0n) is 20.8. The number of carbonyl (C=O) groups is 1. The van der Waals surface area contributed by atoms with Gasteiger partial charge in [0, 0.05) is 30.9 Å². The van der Waals surface area contributed by atoms with Crippen molar-refractivity contribution in [2.24, 2.45) is 11.7 Å². The fourth-order valence-corrected chi connectivity index (χ4v) is 5.21. The number of rotatable bonds is 8. The van der Waals surface area contributed by atoms with Crippen LogP contribution in [0.25, 0.3) is 11.3 Å². The van der Waals surface area contributed by atoms with E-state index in [2.05, 4.69) is 16.0 Å². The summed E-state index contributed by atoms with van der Waals surface area (Å²) >= 11 is 0. The minimum absolute atomic E-state index is 0.0308. The number of pyridine rings is 2. The number of nitrogens with two attached hydrogens (primary N) is 2. The van der Waals surface area contributed by atoms with E-state index in [1.54, 1.807) is 12.4 Å². The maximum Gasteiger partial charge on any atom is 0.187 e. The molecule has 1 aliphatic rings. The number of carbonyl (C=O) groups excluding carboxylic acids is 1. The third kappa shape index (κ3) is 5.69. The molecule has 0 unspecified atom stereocenters. The molecule has 1 aromatic carbocycles. The van der Waals surface area contributed by atoms with Crippen molar-refractivity contribution in [2.45, 2.75) is 50.7 Å². The lowest BCUT2D eigenvalue weighted by molar-refractivity contribution is -0.0199. The van der Waals surface area contributed by atoms with E-state index in [0.717, 1.165) is 36.2 Å². The maximum atomic E-state index is 14.6. The average Bonchev–Trinajstić information content (AvgIpc) is 2.87. The van der Waals surface area contributed by atoms with Gasteiger partial charge in [-0.2, -0.15) is 5.26 Å². The zero-order chi connectivity index (χ0) is 27.4. The molecular formula is C28H28F3N5O2. The summed E-state index contributed by atoms with van der Waals surface area (Å²) in [5.41, 5.74) is 12.1. The van der Waals surface area contributed by atoms with Crippen LogP contribution in [0, 0.1) is 34.7 Å². The highest BCUT2D eigenvalue weighted by molar-refractivity contribution is 6.00. The molecule has 38 heavy (non-hydrogen) atoms. The van der Waals surface area contributed by atoms with Gasteiger partial charge in [-0.15, -0.1) is 0 Å². The van der Waals surface area contributed by atoms with Gasteiger partial charge in [0.15, 0.2) is 11.6 Å². The summed E-state index contributed by atoms with van der Waals surface area (Å²) in [6.07, 6.45) is 4.56. The lowest BCUT2D eigenvalue weighted by Crippen LogP contribution is -2.46. The molecule has 198 valence electrons. The Balaban J connectivity index is 1.59. The van der Waals surface area contributed by atoms with Gasteiger partial charge >= 0.3 is 0 Å². The summed E-state index contributed by atoms with van der Waals surface area (Å²) in [5, 5.41) is 8.77. The van der Waals surface area contributed by atoms with Crippen molar-refractivity contribution in [1.29, 1.82) is 5.26 Å². The predicted octanol–water partition coefficient (Wildman–Crippen LogP) is 4.71. The molecule has 2 aromatic heterocycles. The first-order chi connectivity index (χ1) is 18.2. The first-order valence-electron chi connectivity index (χ1n) is 12.3. The number of aromatic nitrogens is 2. The molecule has 4 rings (SSSR count). The van der Waals surface area contributed by atoms with Crippen molar-refractivity contribution in [3.05, 3.63) is 77.0 Å². The molecule has 1 saturated carbocycles. The van der Waals surface area contributed by atoms with Gasteiger partial charge in [0.1, 0.15) is 23.0 Å². The SMILES string of the molecule is C[C@H]1C[C@@H](c2ccncc2CC(=O)c2nc(-c3c(F)cccc3F)c(F)cc2N)C[C@@H](N)[C@H]1OCCC#N. The molecule has 4 atom stereocenters. The smallest absolute Gasteiger partial charge is 0.187 e. The van der Waals surface area contributed by atoms with Crippen LogP contribution in [0.3, 0.4) is 0 Å². The highest BCUT2D eigenvalue weighted by Crippen LogP contribution is 2.38. The predicted molar refractivity (Wildman–Crippen MR) is 135 cm³/mol. The van der Waals surface area contributed by atoms with E-state index >= 15 is 0 Å². The van der Waals surface area contributed by atoms with Gasteiger partial charge in [0.2, 0.25) is 0 Å². The van der Waals surface area contributed by atoms with Gasteiger partial charge in [0.25, 0.3) is 0 Å². The number of ether oxygens (including phenoxy) is 1. The van der Waals surface area contributed by atoms with E-state index in [4.69, 9.17) is 21.5 Å². The van der Waals surface area contributed by atoms with Crippen LogP contribution in [0.5, 0.6) is 0 Å². The second kappa shape index (κ2) is 11.7. The minimum Gasteiger partial charge on any atom is -0.397 e. The number of nitrogen functional groups attached to an aromatic ring is 1.